The molecule has 1 rings (SSSR count). The summed E-state index contributed by atoms with van der Waals surface area (Å²) in [6.45, 7) is 1.33. The summed E-state index contributed by atoms with van der Waals surface area (Å²) in [6.07, 6.45) is 0. The first-order valence-corrected chi connectivity index (χ1v) is 5.93. The molecule has 0 aromatic heterocycles. The van der Waals surface area contributed by atoms with Crippen LogP contribution in [0.15, 0.2) is 24.3 Å². The fourth-order valence-corrected chi connectivity index (χ4v) is 2.47. The monoisotopic (exact) mass is 234 g/mol. The van der Waals surface area contributed by atoms with E-state index in [1.165, 1.54) is 14.0 Å². The molecule has 0 aliphatic rings. The van der Waals surface area contributed by atoms with Gasteiger partial charge in [0.25, 0.3) is 0 Å². The Morgan fingerprint density at radius 3 is 3.00 bits per heavy atom. The number of benzene rings is 1. The predicted octanol–water partition coefficient (Wildman–Crippen LogP) is 1.34. The summed E-state index contributed by atoms with van der Waals surface area (Å²) in [7, 11) is 1.49. The minimum absolute atomic E-state index is 0.488. The van der Waals surface area contributed by atoms with Gasteiger partial charge in [0, 0.05) is 0 Å². The molecule has 0 aliphatic carbocycles. The van der Waals surface area contributed by atoms with Crippen molar-refractivity contribution in [3.05, 3.63) is 24.3 Å². The average molecular weight is 233 g/mol. The van der Waals surface area contributed by atoms with Gasteiger partial charge < -0.3 is 0 Å². The van der Waals surface area contributed by atoms with Crippen LogP contribution in [0.5, 0.6) is 5.75 Å². The summed E-state index contributed by atoms with van der Waals surface area (Å²) in [5, 5.41) is -1.66. The number of hydrogen-bond donors (Lipinski definition) is 0. The van der Waals surface area contributed by atoms with Crippen molar-refractivity contribution >= 4 is 18.3 Å². The van der Waals surface area contributed by atoms with Crippen LogP contribution in [0.4, 0.5) is 0 Å². The van der Waals surface area contributed by atoms with Crippen molar-refractivity contribution in [2.45, 2.75) is 12.2 Å². The Balaban J connectivity index is 3.13. The normalized spacial score (nSPS) is 20.2. The SMILES string of the molecule is [1H][13C@]([2H])(C)[Se](=O)c1ccccc1OC. The molecule has 1 aromatic carbocycles. The van der Waals surface area contributed by atoms with Crippen LogP contribution in [0.1, 0.15) is 9.67 Å². The van der Waals surface area contributed by atoms with E-state index < -0.39 is 19.1 Å². The van der Waals surface area contributed by atoms with E-state index in [0.29, 0.717) is 10.2 Å². The summed E-state index contributed by atoms with van der Waals surface area (Å²) in [5.41, 5.74) is 0. The van der Waals surface area contributed by atoms with Gasteiger partial charge in [0.15, 0.2) is 0 Å². The molecule has 66 valence electrons. The van der Waals surface area contributed by atoms with Gasteiger partial charge >= 0.3 is 78.9 Å². The molecule has 1 aromatic rings. The van der Waals surface area contributed by atoms with Gasteiger partial charge in [-0.1, -0.05) is 0 Å². The fourth-order valence-electron chi connectivity index (χ4n) is 0.882. The zero-order chi connectivity index (χ0) is 10.8. The van der Waals surface area contributed by atoms with E-state index in [9.17, 15) is 3.83 Å². The Hall–Kier alpha value is -0.661. The second-order valence-electron chi connectivity index (χ2n) is 2.12. The summed E-state index contributed by atoms with van der Waals surface area (Å²) in [5.74, 6) is 0.498. The van der Waals surface area contributed by atoms with Crippen molar-refractivity contribution in [1.29, 1.82) is 0 Å². The zero-order valence-electron chi connectivity index (χ0n) is 9.03. The van der Waals surface area contributed by atoms with E-state index in [1.54, 1.807) is 24.3 Å². The number of ether oxygens (including phenoxy) is 1. The molecule has 0 N–H and O–H groups in total. The number of rotatable bonds is 3. The second kappa shape index (κ2) is 4.39. The summed E-state index contributed by atoms with van der Waals surface area (Å²) >= 11 is -2.70. The molecule has 0 amide bonds. The second-order valence-corrected chi connectivity index (χ2v) is 5.03. The topological polar surface area (TPSA) is 26.3 Å². The van der Waals surface area contributed by atoms with Gasteiger partial charge in [-0.15, -0.1) is 0 Å². The average Bonchev–Trinajstić information content (AvgIpc) is 2.15. The quantitative estimate of drug-likeness (QED) is 0.581. The third kappa shape index (κ3) is 1.93. The van der Waals surface area contributed by atoms with Crippen LogP contribution in [0.2, 0.25) is 5.27 Å². The Morgan fingerprint density at radius 1 is 1.75 bits per heavy atom. The van der Waals surface area contributed by atoms with E-state index in [-0.39, 0.29) is 0 Å². The van der Waals surface area contributed by atoms with E-state index in [1.807, 2.05) is 0 Å². The van der Waals surface area contributed by atoms with Gasteiger partial charge in [-0.05, 0) is 0 Å². The number of para-hydroxylation sites is 1. The van der Waals surface area contributed by atoms with Gasteiger partial charge in [-0.2, -0.15) is 0 Å². The number of methoxy groups -OCH3 is 1. The molecule has 0 bridgehead atoms. The third-order valence-electron chi connectivity index (χ3n) is 1.45. The van der Waals surface area contributed by atoms with Crippen LogP contribution in [-0.2, 0) is 3.83 Å². The summed E-state index contributed by atoms with van der Waals surface area (Å²) in [6, 6.07) is 6.84. The van der Waals surface area contributed by atoms with Crippen LogP contribution in [-0.4, -0.2) is 20.9 Å². The van der Waals surface area contributed by atoms with Crippen LogP contribution >= 0.6 is 0 Å². The molecule has 1 unspecified atom stereocenters. The zero-order valence-corrected chi connectivity index (χ0v) is 8.75. The first-order chi connectivity index (χ1) is 6.46. The first kappa shape index (κ1) is 6.81. The molecule has 2 atom stereocenters. The minimum atomic E-state index is -2.70. The fraction of sp³-hybridized carbons (Fsp3) is 0.333. The van der Waals surface area contributed by atoms with Crippen molar-refractivity contribution in [3.8, 4) is 5.75 Å². The van der Waals surface area contributed by atoms with Crippen LogP contribution in [0.3, 0.4) is 0 Å². The molecular weight excluding hydrogens is 220 g/mol. The Kier molecular flexibility index (Phi) is 2.49. The van der Waals surface area contributed by atoms with Gasteiger partial charge in [-0.3, -0.25) is 0 Å². The van der Waals surface area contributed by atoms with Crippen molar-refractivity contribution in [3.63, 3.8) is 0 Å². The standard InChI is InChI=1S/C9H12O2Se/c1-3-12(10)9-7-5-4-6-8(9)11-2/h4-7H,3H2,1-2H3/i3+1DH/t3-,12?/m0/s1. The van der Waals surface area contributed by atoms with Crippen LogP contribution in [0.25, 0.3) is 0 Å². The van der Waals surface area contributed by atoms with Crippen molar-refractivity contribution < 1.29 is 11.3 Å². The van der Waals surface area contributed by atoms with Gasteiger partial charge in [0.2, 0.25) is 0 Å². The van der Waals surface area contributed by atoms with Crippen molar-refractivity contribution in [2.24, 2.45) is 0 Å². The molecule has 0 radical (unpaired) electrons. The predicted molar refractivity (Wildman–Crippen MR) is 49.5 cm³/mol. The number of hydrogen-bond acceptors (Lipinski definition) is 2. The molecule has 0 heterocycles. The van der Waals surface area contributed by atoms with Crippen LogP contribution in [0, 0.1) is 0 Å². The van der Waals surface area contributed by atoms with Crippen LogP contribution < -0.4 is 9.20 Å². The van der Waals surface area contributed by atoms with Crippen molar-refractivity contribution in [2.75, 3.05) is 7.11 Å². The Morgan fingerprint density at radius 2 is 2.42 bits per heavy atom. The molecule has 0 saturated heterocycles. The Labute approximate surface area is 79.4 Å². The molecule has 0 aliphatic heterocycles. The van der Waals surface area contributed by atoms with E-state index in [2.05, 4.69) is 0 Å². The summed E-state index contributed by atoms with van der Waals surface area (Å²) in [4.78, 5) is 0. The molecule has 0 spiro atoms. The van der Waals surface area contributed by atoms with Gasteiger partial charge in [0.05, 0.1) is 0 Å². The maximum absolute atomic E-state index is 11.8. The molecule has 0 saturated carbocycles. The van der Waals surface area contributed by atoms with Crippen molar-refractivity contribution in [1.82, 2.24) is 0 Å². The first-order valence-electron chi connectivity index (χ1n) is 4.51. The Bertz CT molecular complexity index is 347. The molecular formula is C9H12O2Se. The van der Waals surface area contributed by atoms with E-state index in [0.717, 1.165) is 0 Å². The van der Waals surface area contributed by atoms with Gasteiger partial charge in [0.1, 0.15) is 0 Å². The molecule has 0 fully saturated rings. The molecule has 3 heteroatoms. The maximum atomic E-state index is 11.8. The van der Waals surface area contributed by atoms with Gasteiger partial charge in [-0.25, -0.2) is 0 Å². The molecule has 12 heavy (non-hydrogen) atoms. The summed E-state index contributed by atoms with van der Waals surface area (Å²) < 4.78 is 32.1. The van der Waals surface area contributed by atoms with E-state index in [4.69, 9.17) is 7.48 Å². The third-order valence-corrected chi connectivity index (χ3v) is 3.78. The van der Waals surface area contributed by atoms with E-state index >= 15 is 0 Å². The molecule has 2 nitrogen and oxygen atoms in total.